The molecule has 0 aliphatic carbocycles. The molecule has 1 aromatic carbocycles. The van der Waals surface area contributed by atoms with E-state index in [0.717, 1.165) is 23.2 Å². The van der Waals surface area contributed by atoms with Gasteiger partial charge in [-0.25, -0.2) is 4.98 Å². The van der Waals surface area contributed by atoms with E-state index in [1.165, 1.54) is 0 Å². The molecule has 0 atom stereocenters. The zero-order valence-electron chi connectivity index (χ0n) is 11.6. The van der Waals surface area contributed by atoms with Gasteiger partial charge in [0.25, 0.3) is 5.56 Å². The minimum atomic E-state index is -0.0828. The molecule has 0 fully saturated rings. The lowest BCUT2D eigenvalue weighted by molar-refractivity contribution is 0.631. The summed E-state index contributed by atoms with van der Waals surface area (Å²) in [4.78, 5) is 19.5. The van der Waals surface area contributed by atoms with Gasteiger partial charge in [0.2, 0.25) is 0 Å². The lowest BCUT2D eigenvalue weighted by Gasteiger charge is -2.10. The van der Waals surface area contributed by atoms with Gasteiger partial charge in [0.05, 0.1) is 9.26 Å². The fourth-order valence-electron chi connectivity index (χ4n) is 2.05. The maximum absolute atomic E-state index is 12.1. The molecule has 3 nitrogen and oxygen atoms in total. The summed E-state index contributed by atoms with van der Waals surface area (Å²) in [6.07, 6.45) is 0.793. The van der Waals surface area contributed by atoms with Gasteiger partial charge < -0.3 is 4.98 Å². The van der Waals surface area contributed by atoms with Crippen LogP contribution in [-0.4, -0.2) is 9.97 Å². The first-order valence-electron chi connectivity index (χ1n) is 6.43. The molecule has 1 N–H and O–H groups in total. The molecule has 20 heavy (non-hydrogen) atoms. The van der Waals surface area contributed by atoms with Crippen molar-refractivity contribution in [3.05, 3.63) is 48.4 Å². The van der Waals surface area contributed by atoms with E-state index in [1.807, 2.05) is 25.1 Å². The van der Waals surface area contributed by atoms with E-state index in [-0.39, 0.29) is 5.56 Å². The second kappa shape index (κ2) is 6.26. The van der Waals surface area contributed by atoms with Crippen molar-refractivity contribution in [2.45, 2.75) is 27.2 Å². The second-order valence-corrected chi connectivity index (χ2v) is 6.75. The zero-order valence-corrected chi connectivity index (χ0v) is 14.5. The van der Waals surface area contributed by atoms with Crippen LogP contribution in [0.25, 0.3) is 11.4 Å². The molecule has 2 aromatic rings. The normalized spacial score (nSPS) is 11.1. The van der Waals surface area contributed by atoms with Crippen LogP contribution in [0.15, 0.2) is 23.0 Å². The Labute approximate surface area is 136 Å². The fourth-order valence-corrected chi connectivity index (χ4v) is 2.75. The van der Waals surface area contributed by atoms with Crippen molar-refractivity contribution in [3.8, 4) is 11.4 Å². The van der Waals surface area contributed by atoms with Crippen LogP contribution in [0, 0.1) is 16.4 Å². The van der Waals surface area contributed by atoms with E-state index in [9.17, 15) is 4.79 Å². The number of hydrogen-bond acceptors (Lipinski definition) is 2. The number of H-pyrrole nitrogens is 1. The molecule has 0 spiro atoms. The molecule has 0 saturated heterocycles. The molecule has 0 saturated carbocycles. The highest BCUT2D eigenvalue weighted by atomic mass is 127. The van der Waals surface area contributed by atoms with E-state index < -0.39 is 0 Å². The second-order valence-electron chi connectivity index (χ2n) is 5.23. The molecular formula is C15H16ClIN2O. The summed E-state index contributed by atoms with van der Waals surface area (Å²) in [6.45, 7) is 6.19. The smallest absolute Gasteiger partial charge is 0.264 e. The molecule has 0 amide bonds. The Hall–Kier alpha value is -0.880. The third-order valence-electron chi connectivity index (χ3n) is 2.98. The van der Waals surface area contributed by atoms with Gasteiger partial charge in [-0.2, -0.15) is 0 Å². The first-order valence-corrected chi connectivity index (χ1v) is 7.89. The summed E-state index contributed by atoms with van der Waals surface area (Å²) >= 11 is 8.03. The molecule has 0 aliphatic rings. The Kier molecular flexibility index (Phi) is 4.86. The van der Waals surface area contributed by atoms with Crippen LogP contribution in [0.5, 0.6) is 0 Å². The maximum Gasteiger partial charge on any atom is 0.264 e. The predicted molar refractivity (Wildman–Crippen MR) is 91.3 cm³/mol. The van der Waals surface area contributed by atoms with Gasteiger partial charge in [-0.1, -0.05) is 25.4 Å². The van der Waals surface area contributed by atoms with E-state index in [0.29, 0.717) is 20.3 Å². The number of hydrogen-bond donors (Lipinski definition) is 1. The van der Waals surface area contributed by atoms with Gasteiger partial charge in [0.15, 0.2) is 0 Å². The average Bonchev–Trinajstić information content (AvgIpc) is 2.34. The third kappa shape index (κ3) is 3.41. The van der Waals surface area contributed by atoms with Crippen LogP contribution >= 0.6 is 34.2 Å². The lowest BCUT2D eigenvalue weighted by atomic mass is 10.1. The van der Waals surface area contributed by atoms with Crippen molar-refractivity contribution in [1.82, 2.24) is 9.97 Å². The number of aromatic nitrogens is 2. The number of nitrogens with zero attached hydrogens (tertiary/aromatic N) is 1. The SMILES string of the molecule is Cc1cc(Cl)ccc1-c1nc(CC(C)C)c(I)c(=O)[nH]1. The summed E-state index contributed by atoms with van der Waals surface area (Å²) in [6, 6.07) is 5.57. The average molecular weight is 403 g/mol. The Morgan fingerprint density at radius 1 is 1.40 bits per heavy atom. The van der Waals surface area contributed by atoms with Crippen LogP contribution in [0.4, 0.5) is 0 Å². The van der Waals surface area contributed by atoms with Crippen molar-refractivity contribution in [2.75, 3.05) is 0 Å². The fraction of sp³-hybridized carbons (Fsp3) is 0.333. The zero-order chi connectivity index (χ0) is 14.9. The Morgan fingerprint density at radius 3 is 2.70 bits per heavy atom. The molecule has 0 bridgehead atoms. The first kappa shape index (κ1) is 15.5. The monoisotopic (exact) mass is 402 g/mol. The van der Waals surface area contributed by atoms with Crippen molar-refractivity contribution in [2.24, 2.45) is 5.92 Å². The van der Waals surface area contributed by atoms with Gasteiger partial charge in [0, 0.05) is 10.6 Å². The highest BCUT2D eigenvalue weighted by molar-refractivity contribution is 14.1. The molecule has 1 heterocycles. The summed E-state index contributed by atoms with van der Waals surface area (Å²) in [5.74, 6) is 1.07. The first-order chi connectivity index (χ1) is 9.38. The van der Waals surface area contributed by atoms with Crippen LogP contribution in [0.2, 0.25) is 5.02 Å². The molecule has 106 valence electrons. The lowest BCUT2D eigenvalue weighted by Crippen LogP contribution is -2.17. The van der Waals surface area contributed by atoms with Gasteiger partial charge >= 0.3 is 0 Å². The van der Waals surface area contributed by atoms with E-state index >= 15 is 0 Å². The molecule has 2 rings (SSSR count). The number of aryl methyl sites for hydroxylation is 1. The summed E-state index contributed by atoms with van der Waals surface area (Å²) < 4.78 is 0.673. The Bertz CT molecular complexity index is 695. The van der Waals surface area contributed by atoms with Gasteiger partial charge in [-0.05, 0) is 65.6 Å². The number of halogens is 2. The molecule has 0 aliphatic heterocycles. The minimum Gasteiger partial charge on any atom is -0.306 e. The van der Waals surface area contributed by atoms with Crippen LogP contribution in [0.3, 0.4) is 0 Å². The Morgan fingerprint density at radius 2 is 2.10 bits per heavy atom. The predicted octanol–water partition coefficient (Wildman–Crippen LogP) is 4.20. The van der Waals surface area contributed by atoms with Gasteiger partial charge in [-0.15, -0.1) is 0 Å². The Balaban J connectivity index is 2.57. The van der Waals surface area contributed by atoms with Crippen molar-refractivity contribution < 1.29 is 0 Å². The van der Waals surface area contributed by atoms with E-state index in [1.54, 1.807) is 0 Å². The quantitative estimate of drug-likeness (QED) is 0.782. The maximum atomic E-state index is 12.1. The van der Waals surface area contributed by atoms with Gasteiger partial charge in [0.1, 0.15) is 5.82 Å². The highest BCUT2D eigenvalue weighted by Gasteiger charge is 2.13. The van der Waals surface area contributed by atoms with Crippen LogP contribution in [-0.2, 0) is 6.42 Å². The molecule has 5 heteroatoms. The van der Waals surface area contributed by atoms with Gasteiger partial charge in [-0.3, -0.25) is 4.79 Å². The highest BCUT2D eigenvalue weighted by Crippen LogP contribution is 2.23. The molecule has 0 unspecified atom stereocenters. The van der Waals surface area contributed by atoms with Crippen molar-refractivity contribution in [1.29, 1.82) is 0 Å². The van der Waals surface area contributed by atoms with E-state index in [4.69, 9.17) is 11.6 Å². The molecule has 0 radical (unpaired) electrons. The van der Waals surface area contributed by atoms with Crippen molar-refractivity contribution in [3.63, 3.8) is 0 Å². The number of aromatic amines is 1. The van der Waals surface area contributed by atoms with E-state index in [2.05, 4.69) is 46.4 Å². The topological polar surface area (TPSA) is 45.8 Å². The number of rotatable bonds is 3. The minimum absolute atomic E-state index is 0.0828. The standard InChI is InChI=1S/C15H16ClIN2O/c1-8(2)6-12-13(17)15(20)19-14(18-12)11-5-4-10(16)7-9(11)3/h4-5,7-8H,6H2,1-3H3,(H,18,19,20). The van der Waals surface area contributed by atoms with Crippen LogP contribution < -0.4 is 5.56 Å². The molecule has 1 aromatic heterocycles. The third-order valence-corrected chi connectivity index (χ3v) is 4.32. The summed E-state index contributed by atoms with van der Waals surface area (Å²) in [7, 11) is 0. The number of benzene rings is 1. The van der Waals surface area contributed by atoms with Crippen molar-refractivity contribution >= 4 is 34.2 Å². The number of nitrogens with one attached hydrogen (secondary N) is 1. The molecular weight excluding hydrogens is 387 g/mol. The van der Waals surface area contributed by atoms with Crippen LogP contribution in [0.1, 0.15) is 25.1 Å². The summed E-state index contributed by atoms with van der Waals surface area (Å²) in [5.41, 5.74) is 2.68. The largest absolute Gasteiger partial charge is 0.306 e. The summed E-state index contributed by atoms with van der Waals surface area (Å²) in [5, 5.41) is 0.682.